The summed E-state index contributed by atoms with van der Waals surface area (Å²) in [7, 11) is 0. The first-order valence-corrected chi connectivity index (χ1v) is 10.9. The first-order valence-electron chi connectivity index (χ1n) is 9.47. The van der Waals surface area contributed by atoms with Crippen molar-refractivity contribution in [1.29, 1.82) is 0 Å². The molecule has 0 N–H and O–H groups in total. The molecule has 1 aromatic rings. The van der Waals surface area contributed by atoms with Gasteiger partial charge in [-0.3, -0.25) is 14.5 Å². The van der Waals surface area contributed by atoms with Gasteiger partial charge in [0.15, 0.2) is 0 Å². The molecular weight excluding hydrogens is 376 g/mol. The quantitative estimate of drug-likeness (QED) is 0.675. The molecule has 0 unspecified atom stereocenters. The second-order valence-corrected chi connectivity index (χ2v) is 9.06. The van der Waals surface area contributed by atoms with Crippen LogP contribution in [0.15, 0.2) is 36.4 Å². The van der Waals surface area contributed by atoms with Crippen LogP contribution in [-0.2, 0) is 9.59 Å². The molecule has 0 aliphatic carbocycles. The van der Waals surface area contributed by atoms with E-state index in [0.717, 1.165) is 17.7 Å². The zero-order chi connectivity index (χ0) is 19.4. The maximum absolute atomic E-state index is 12.9. The maximum atomic E-state index is 12.9. The summed E-state index contributed by atoms with van der Waals surface area (Å²) in [6.45, 7) is 4.79. The SMILES string of the molecule is CC(C)[C@H]1CSC(=S)N1C(=O)C[C@@H]1CCC(=O)N1C/C=C/c1ccccc1. The lowest BCUT2D eigenvalue weighted by atomic mass is 10.0. The van der Waals surface area contributed by atoms with E-state index in [-0.39, 0.29) is 23.9 Å². The van der Waals surface area contributed by atoms with Gasteiger partial charge in [0.25, 0.3) is 0 Å². The number of rotatable bonds is 6. The number of likely N-dealkylation sites (tertiary alicyclic amines) is 1. The Balaban J connectivity index is 1.63. The van der Waals surface area contributed by atoms with Gasteiger partial charge in [-0.25, -0.2) is 0 Å². The number of benzene rings is 1. The smallest absolute Gasteiger partial charge is 0.230 e. The number of thiocarbonyl (C=S) groups is 1. The minimum Gasteiger partial charge on any atom is -0.335 e. The normalized spacial score (nSPS) is 23.2. The number of thioether (sulfide) groups is 1. The molecule has 1 aromatic carbocycles. The van der Waals surface area contributed by atoms with Crippen molar-refractivity contribution < 1.29 is 9.59 Å². The largest absolute Gasteiger partial charge is 0.335 e. The molecule has 0 aromatic heterocycles. The van der Waals surface area contributed by atoms with Crippen LogP contribution in [-0.4, -0.2) is 50.3 Å². The van der Waals surface area contributed by atoms with E-state index in [1.807, 2.05) is 47.4 Å². The zero-order valence-corrected chi connectivity index (χ0v) is 17.5. The highest BCUT2D eigenvalue weighted by molar-refractivity contribution is 8.23. The van der Waals surface area contributed by atoms with Crippen LogP contribution in [0, 0.1) is 5.92 Å². The molecule has 2 fully saturated rings. The highest BCUT2D eigenvalue weighted by atomic mass is 32.2. The standard InChI is InChI=1S/C21H26N2O2S2/c1-15(2)18-14-27-21(26)23(18)20(25)13-17-10-11-19(24)22(17)12-6-9-16-7-4-3-5-8-16/h3-9,15,17-18H,10-14H2,1-2H3/b9-6+/t17-,18+/m0/s1. The summed E-state index contributed by atoms with van der Waals surface area (Å²) < 4.78 is 0.679. The van der Waals surface area contributed by atoms with E-state index in [4.69, 9.17) is 12.2 Å². The van der Waals surface area contributed by atoms with E-state index in [0.29, 0.717) is 29.6 Å². The predicted molar refractivity (Wildman–Crippen MR) is 115 cm³/mol. The Kier molecular flexibility index (Phi) is 6.71. The van der Waals surface area contributed by atoms with Crippen molar-refractivity contribution in [2.45, 2.75) is 45.2 Å². The van der Waals surface area contributed by atoms with Gasteiger partial charge in [0.2, 0.25) is 11.8 Å². The van der Waals surface area contributed by atoms with Gasteiger partial charge in [0.1, 0.15) is 4.32 Å². The van der Waals surface area contributed by atoms with Crippen molar-refractivity contribution in [2.24, 2.45) is 5.92 Å². The Labute approximate surface area is 171 Å². The van der Waals surface area contributed by atoms with E-state index in [1.165, 1.54) is 0 Å². The van der Waals surface area contributed by atoms with Crippen LogP contribution in [0.25, 0.3) is 6.08 Å². The van der Waals surface area contributed by atoms with Crippen LogP contribution in [0.1, 0.15) is 38.7 Å². The van der Waals surface area contributed by atoms with E-state index in [2.05, 4.69) is 13.8 Å². The van der Waals surface area contributed by atoms with Crippen LogP contribution in [0.5, 0.6) is 0 Å². The molecule has 27 heavy (non-hydrogen) atoms. The fraction of sp³-hybridized carbons (Fsp3) is 0.476. The van der Waals surface area contributed by atoms with Crippen LogP contribution >= 0.6 is 24.0 Å². The fourth-order valence-corrected chi connectivity index (χ4v) is 5.30. The Morgan fingerprint density at radius 3 is 2.78 bits per heavy atom. The number of carbonyl (C=O) groups is 2. The Morgan fingerprint density at radius 1 is 1.33 bits per heavy atom. The summed E-state index contributed by atoms with van der Waals surface area (Å²) in [5.41, 5.74) is 1.11. The molecule has 0 saturated carbocycles. The Morgan fingerprint density at radius 2 is 2.07 bits per heavy atom. The highest BCUT2D eigenvalue weighted by Gasteiger charge is 2.39. The second-order valence-electron chi connectivity index (χ2n) is 7.41. The van der Waals surface area contributed by atoms with Gasteiger partial charge in [-0.1, -0.05) is 80.3 Å². The maximum Gasteiger partial charge on any atom is 0.230 e. The minimum absolute atomic E-state index is 0.0355. The van der Waals surface area contributed by atoms with E-state index in [9.17, 15) is 9.59 Å². The molecule has 0 bridgehead atoms. The molecule has 2 aliphatic rings. The summed E-state index contributed by atoms with van der Waals surface area (Å²) in [4.78, 5) is 28.9. The lowest BCUT2D eigenvalue weighted by Gasteiger charge is -2.29. The van der Waals surface area contributed by atoms with Crippen molar-refractivity contribution in [1.82, 2.24) is 9.80 Å². The Hall–Kier alpha value is -1.66. The molecule has 2 saturated heterocycles. The summed E-state index contributed by atoms with van der Waals surface area (Å²) in [6.07, 6.45) is 5.64. The van der Waals surface area contributed by atoms with Gasteiger partial charge in [-0.15, -0.1) is 0 Å². The molecule has 2 amide bonds. The van der Waals surface area contributed by atoms with Crippen molar-refractivity contribution in [2.75, 3.05) is 12.3 Å². The summed E-state index contributed by atoms with van der Waals surface area (Å²) in [5.74, 6) is 1.43. The zero-order valence-electron chi connectivity index (χ0n) is 15.8. The first kappa shape index (κ1) is 20.1. The first-order chi connectivity index (χ1) is 13.0. The van der Waals surface area contributed by atoms with Gasteiger partial charge in [-0.05, 0) is 17.9 Å². The van der Waals surface area contributed by atoms with Crippen molar-refractivity contribution in [3.05, 3.63) is 42.0 Å². The lowest BCUT2D eigenvalue weighted by molar-refractivity contribution is -0.132. The van der Waals surface area contributed by atoms with Gasteiger partial charge >= 0.3 is 0 Å². The van der Waals surface area contributed by atoms with Crippen LogP contribution in [0.2, 0.25) is 0 Å². The minimum atomic E-state index is -0.0355. The van der Waals surface area contributed by atoms with Crippen LogP contribution in [0.4, 0.5) is 0 Å². The number of nitrogens with zero attached hydrogens (tertiary/aromatic N) is 2. The topological polar surface area (TPSA) is 40.6 Å². The van der Waals surface area contributed by atoms with Crippen molar-refractivity contribution in [3.8, 4) is 0 Å². The molecule has 144 valence electrons. The van der Waals surface area contributed by atoms with Gasteiger partial charge < -0.3 is 4.90 Å². The monoisotopic (exact) mass is 402 g/mol. The van der Waals surface area contributed by atoms with E-state index < -0.39 is 0 Å². The number of hydrogen-bond acceptors (Lipinski definition) is 4. The summed E-state index contributed by atoms with van der Waals surface area (Å²) in [6, 6.07) is 10.1. The molecule has 0 radical (unpaired) electrons. The average Bonchev–Trinajstić information content (AvgIpc) is 3.20. The summed E-state index contributed by atoms with van der Waals surface area (Å²) >= 11 is 6.99. The number of carbonyl (C=O) groups excluding carboxylic acids is 2. The number of amides is 2. The van der Waals surface area contributed by atoms with Crippen molar-refractivity contribution >= 4 is 46.2 Å². The molecule has 3 rings (SSSR count). The molecule has 0 spiro atoms. The molecule has 4 nitrogen and oxygen atoms in total. The molecule has 2 heterocycles. The van der Waals surface area contributed by atoms with Crippen LogP contribution < -0.4 is 0 Å². The van der Waals surface area contributed by atoms with E-state index in [1.54, 1.807) is 16.7 Å². The van der Waals surface area contributed by atoms with Gasteiger partial charge in [-0.2, -0.15) is 0 Å². The second kappa shape index (κ2) is 9.02. The van der Waals surface area contributed by atoms with E-state index >= 15 is 0 Å². The lowest BCUT2D eigenvalue weighted by Crippen LogP contribution is -2.44. The molecule has 2 atom stereocenters. The molecule has 6 heteroatoms. The third-order valence-corrected chi connectivity index (χ3v) is 6.72. The predicted octanol–water partition coefficient (Wildman–Crippen LogP) is 3.97. The number of hydrogen-bond donors (Lipinski definition) is 0. The third-order valence-electron chi connectivity index (χ3n) is 5.22. The average molecular weight is 403 g/mol. The van der Waals surface area contributed by atoms with Gasteiger partial charge in [0.05, 0.1) is 0 Å². The third kappa shape index (κ3) is 4.79. The van der Waals surface area contributed by atoms with Crippen LogP contribution in [0.3, 0.4) is 0 Å². The molecular formula is C21H26N2O2S2. The molecule has 2 aliphatic heterocycles. The van der Waals surface area contributed by atoms with Crippen molar-refractivity contribution in [3.63, 3.8) is 0 Å². The summed E-state index contributed by atoms with van der Waals surface area (Å²) in [5, 5.41) is 0. The Bertz CT molecular complexity index is 733. The highest BCUT2D eigenvalue weighted by Crippen LogP contribution is 2.31. The van der Waals surface area contributed by atoms with Gasteiger partial charge in [0, 0.05) is 37.2 Å². The fourth-order valence-electron chi connectivity index (χ4n) is 3.64.